The lowest BCUT2D eigenvalue weighted by molar-refractivity contribution is -0.116. The van der Waals surface area contributed by atoms with Crippen molar-refractivity contribution >= 4 is 17.5 Å². The molecule has 0 aliphatic carbocycles. The van der Waals surface area contributed by atoms with Gasteiger partial charge in [-0.25, -0.2) is 4.39 Å². The van der Waals surface area contributed by atoms with Crippen molar-refractivity contribution in [3.05, 3.63) is 59.9 Å². The molecule has 1 aliphatic heterocycles. The molecule has 1 unspecified atom stereocenters. The Morgan fingerprint density at radius 1 is 1.07 bits per heavy atom. The van der Waals surface area contributed by atoms with Crippen molar-refractivity contribution in [3.8, 4) is 5.75 Å². The summed E-state index contributed by atoms with van der Waals surface area (Å²) in [5.41, 5.74) is 1.00. The number of amides is 2. The molecule has 2 aromatic rings. The van der Waals surface area contributed by atoms with Crippen molar-refractivity contribution in [2.75, 3.05) is 25.1 Å². The van der Waals surface area contributed by atoms with Gasteiger partial charge in [-0.1, -0.05) is 0 Å². The second-order valence-electron chi connectivity index (χ2n) is 6.88. The molecule has 1 aliphatic rings. The number of rotatable bonds is 8. The van der Waals surface area contributed by atoms with Crippen LogP contribution in [-0.2, 0) is 9.53 Å². The van der Waals surface area contributed by atoms with Crippen molar-refractivity contribution in [2.45, 2.75) is 31.8 Å². The molecule has 154 valence electrons. The number of carbonyl (C=O) groups is 2. The minimum atomic E-state index is -0.403. The van der Waals surface area contributed by atoms with Crippen LogP contribution in [0.3, 0.4) is 0 Å². The highest BCUT2D eigenvalue weighted by molar-refractivity contribution is 5.95. The van der Waals surface area contributed by atoms with E-state index < -0.39 is 5.82 Å². The number of benzene rings is 2. The number of halogens is 1. The first-order valence-corrected chi connectivity index (χ1v) is 9.78. The second kappa shape index (κ2) is 10.6. The molecule has 0 spiro atoms. The lowest BCUT2D eigenvalue weighted by Crippen LogP contribution is -2.27. The van der Waals surface area contributed by atoms with E-state index in [4.69, 9.17) is 9.47 Å². The molecule has 2 amide bonds. The van der Waals surface area contributed by atoms with Gasteiger partial charge in [-0.15, -0.1) is 0 Å². The second-order valence-corrected chi connectivity index (χ2v) is 6.88. The van der Waals surface area contributed by atoms with Crippen LogP contribution in [0, 0.1) is 5.82 Å². The van der Waals surface area contributed by atoms with Gasteiger partial charge in [-0.05, 0) is 67.8 Å². The molecular weight excluding hydrogens is 375 g/mol. The summed E-state index contributed by atoms with van der Waals surface area (Å²) in [5.74, 6) is -0.238. The maximum absolute atomic E-state index is 12.9. The molecule has 0 aromatic heterocycles. The lowest BCUT2D eigenvalue weighted by atomic mass is 10.1. The maximum atomic E-state index is 12.9. The first kappa shape index (κ1) is 20.8. The fourth-order valence-electron chi connectivity index (χ4n) is 2.98. The summed E-state index contributed by atoms with van der Waals surface area (Å²) in [6.45, 7) is 1.51. The number of hydrogen-bond donors (Lipinski definition) is 2. The van der Waals surface area contributed by atoms with Gasteiger partial charge >= 0.3 is 0 Å². The molecule has 2 N–H and O–H groups in total. The third kappa shape index (κ3) is 6.87. The first-order valence-electron chi connectivity index (χ1n) is 9.78. The summed E-state index contributed by atoms with van der Waals surface area (Å²) in [6, 6.07) is 12.4. The number of anilines is 1. The first-order chi connectivity index (χ1) is 14.1. The molecule has 2 aromatic carbocycles. The number of nitrogens with one attached hydrogen (secondary N) is 2. The van der Waals surface area contributed by atoms with E-state index in [1.807, 2.05) is 0 Å². The van der Waals surface area contributed by atoms with E-state index in [-0.39, 0.29) is 30.9 Å². The van der Waals surface area contributed by atoms with Gasteiger partial charge in [0, 0.05) is 30.8 Å². The third-order valence-electron chi connectivity index (χ3n) is 4.59. The summed E-state index contributed by atoms with van der Waals surface area (Å²) in [5, 5.41) is 5.41. The van der Waals surface area contributed by atoms with E-state index in [1.165, 1.54) is 30.7 Å². The topological polar surface area (TPSA) is 76.7 Å². The van der Waals surface area contributed by atoms with Crippen molar-refractivity contribution in [1.82, 2.24) is 5.32 Å². The van der Waals surface area contributed by atoms with Crippen LogP contribution >= 0.6 is 0 Å². The maximum Gasteiger partial charge on any atom is 0.251 e. The zero-order valence-corrected chi connectivity index (χ0v) is 16.2. The molecular formula is C22H25FN2O4. The Balaban J connectivity index is 1.36. The number of ether oxygens (including phenoxy) is 2. The Morgan fingerprint density at radius 2 is 1.83 bits per heavy atom. The predicted octanol–water partition coefficient (Wildman–Crippen LogP) is 3.53. The highest BCUT2D eigenvalue weighted by atomic mass is 19.1. The van der Waals surface area contributed by atoms with Gasteiger partial charge in [0.15, 0.2) is 0 Å². The quantitative estimate of drug-likeness (QED) is 0.711. The van der Waals surface area contributed by atoms with Crippen LogP contribution in [0.4, 0.5) is 10.1 Å². The van der Waals surface area contributed by atoms with Crippen molar-refractivity contribution in [1.29, 1.82) is 0 Å². The standard InChI is InChI=1S/C22H25FN2O4/c23-17-6-4-16(5-7-17)22(27)24-13-12-21(26)25-18-8-10-19(11-9-18)29-15-20-3-1-2-14-28-20/h4-11,20H,1-3,12-15H2,(H,24,27)(H,25,26). The van der Waals surface area contributed by atoms with Gasteiger partial charge < -0.3 is 20.1 Å². The molecule has 3 rings (SSSR count). The van der Waals surface area contributed by atoms with Crippen LogP contribution in [0.15, 0.2) is 48.5 Å². The van der Waals surface area contributed by atoms with E-state index in [0.29, 0.717) is 17.9 Å². The largest absolute Gasteiger partial charge is 0.491 e. The van der Waals surface area contributed by atoms with Crippen molar-refractivity contribution in [2.24, 2.45) is 0 Å². The molecule has 0 saturated carbocycles. The summed E-state index contributed by atoms with van der Waals surface area (Å²) in [4.78, 5) is 24.0. The summed E-state index contributed by atoms with van der Waals surface area (Å²) >= 11 is 0. The Kier molecular flexibility index (Phi) is 7.58. The van der Waals surface area contributed by atoms with Gasteiger partial charge in [-0.3, -0.25) is 9.59 Å². The summed E-state index contributed by atoms with van der Waals surface area (Å²) in [7, 11) is 0. The van der Waals surface area contributed by atoms with E-state index >= 15 is 0 Å². The molecule has 1 fully saturated rings. The van der Waals surface area contributed by atoms with Crippen LogP contribution in [0.1, 0.15) is 36.0 Å². The lowest BCUT2D eigenvalue weighted by Gasteiger charge is -2.22. The Labute approximate surface area is 169 Å². The van der Waals surface area contributed by atoms with E-state index in [2.05, 4.69) is 10.6 Å². The molecule has 29 heavy (non-hydrogen) atoms. The third-order valence-corrected chi connectivity index (χ3v) is 4.59. The van der Waals surface area contributed by atoms with Gasteiger partial charge in [-0.2, -0.15) is 0 Å². The van der Waals surface area contributed by atoms with Crippen LogP contribution in [0.25, 0.3) is 0 Å². The average Bonchev–Trinajstić information content (AvgIpc) is 2.74. The fourth-order valence-corrected chi connectivity index (χ4v) is 2.98. The van der Waals surface area contributed by atoms with Crippen molar-refractivity contribution in [3.63, 3.8) is 0 Å². The zero-order valence-electron chi connectivity index (χ0n) is 16.2. The van der Waals surface area contributed by atoms with E-state index in [1.54, 1.807) is 24.3 Å². The monoisotopic (exact) mass is 400 g/mol. The normalized spacial score (nSPS) is 16.1. The summed E-state index contributed by atoms with van der Waals surface area (Å²) in [6.07, 6.45) is 3.58. The van der Waals surface area contributed by atoms with Crippen LogP contribution in [0.2, 0.25) is 0 Å². The Hall–Kier alpha value is -2.93. The predicted molar refractivity (Wildman–Crippen MR) is 108 cm³/mol. The minimum absolute atomic E-state index is 0.129. The van der Waals surface area contributed by atoms with Crippen LogP contribution in [-0.4, -0.2) is 37.7 Å². The highest BCUT2D eigenvalue weighted by Crippen LogP contribution is 2.18. The molecule has 0 radical (unpaired) electrons. The highest BCUT2D eigenvalue weighted by Gasteiger charge is 2.14. The molecule has 7 heteroatoms. The molecule has 0 bridgehead atoms. The number of carbonyl (C=O) groups excluding carboxylic acids is 2. The van der Waals surface area contributed by atoms with E-state index in [0.717, 1.165) is 25.2 Å². The van der Waals surface area contributed by atoms with Gasteiger partial charge in [0.05, 0.1) is 6.10 Å². The molecule has 6 nitrogen and oxygen atoms in total. The molecule has 1 saturated heterocycles. The van der Waals surface area contributed by atoms with Crippen LogP contribution in [0.5, 0.6) is 5.75 Å². The average molecular weight is 400 g/mol. The fraction of sp³-hybridized carbons (Fsp3) is 0.364. The van der Waals surface area contributed by atoms with Gasteiger partial charge in [0.1, 0.15) is 18.2 Å². The van der Waals surface area contributed by atoms with Crippen LogP contribution < -0.4 is 15.4 Å². The van der Waals surface area contributed by atoms with E-state index in [9.17, 15) is 14.0 Å². The Morgan fingerprint density at radius 3 is 2.52 bits per heavy atom. The van der Waals surface area contributed by atoms with Gasteiger partial charge in [0.2, 0.25) is 5.91 Å². The Bertz CT molecular complexity index is 803. The molecule has 1 atom stereocenters. The summed E-state index contributed by atoms with van der Waals surface area (Å²) < 4.78 is 24.2. The smallest absolute Gasteiger partial charge is 0.251 e. The SMILES string of the molecule is O=C(CCNC(=O)c1ccc(F)cc1)Nc1ccc(OCC2CCCCO2)cc1. The zero-order chi connectivity index (χ0) is 20.5. The minimum Gasteiger partial charge on any atom is -0.491 e. The van der Waals surface area contributed by atoms with Crippen molar-refractivity contribution < 1.29 is 23.5 Å². The van der Waals surface area contributed by atoms with Gasteiger partial charge in [0.25, 0.3) is 5.91 Å². The number of hydrogen-bond acceptors (Lipinski definition) is 4. The molecule has 1 heterocycles.